The Labute approximate surface area is 177 Å². The Morgan fingerprint density at radius 1 is 1.23 bits per heavy atom. The second kappa shape index (κ2) is 9.11. The molecule has 0 aliphatic carbocycles. The van der Waals surface area contributed by atoms with Crippen LogP contribution in [0.15, 0.2) is 36.4 Å². The first kappa shape index (κ1) is 21.6. The SMILES string of the molecule is CCn1nc(C)cc1C(=O)Nc1nc2cc(C(N)=O)ccc2n1CC=CCNC(=O)O. The molecule has 11 heteroatoms. The zero-order valence-electron chi connectivity index (χ0n) is 17.1. The summed E-state index contributed by atoms with van der Waals surface area (Å²) in [4.78, 5) is 39.4. The summed E-state index contributed by atoms with van der Waals surface area (Å²) in [6.07, 6.45) is 2.28. The summed E-state index contributed by atoms with van der Waals surface area (Å²) in [5.41, 5.74) is 7.95. The fourth-order valence-electron chi connectivity index (χ4n) is 3.11. The van der Waals surface area contributed by atoms with Crippen molar-refractivity contribution in [3.63, 3.8) is 0 Å². The lowest BCUT2D eigenvalue weighted by Gasteiger charge is -2.09. The Balaban J connectivity index is 1.94. The smallest absolute Gasteiger partial charge is 0.404 e. The van der Waals surface area contributed by atoms with Gasteiger partial charge in [-0.25, -0.2) is 9.78 Å². The van der Waals surface area contributed by atoms with Gasteiger partial charge in [-0.2, -0.15) is 5.10 Å². The molecule has 0 unspecified atom stereocenters. The number of hydrogen-bond donors (Lipinski definition) is 4. The number of rotatable bonds is 8. The molecule has 0 fully saturated rings. The molecule has 0 spiro atoms. The van der Waals surface area contributed by atoms with Crippen LogP contribution < -0.4 is 16.4 Å². The van der Waals surface area contributed by atoms with Crippen LogP contribution in [-0.2, 0) is 13.1 Å². The minimum atomic E-state index is -1.12. The van der Waals surface area contributed by atoms with Crippen LogP contribution >= 0.6 is 0 Å². The van der Waals surface area contributed by atoms with E-state index >= 15 is 0 Å². The molecule has 162 valence electrons. The molecule has 0 saturated heterocycles. The molecule has 3 aromatic rings. The highest BCUT2D eigenvalue weighted by Gasteiger charge is 2.18. The summed E-state index contributed by atoms with van der Waals surface area (Å²) in [7, 11) is 0. The van der Waals surface area contributed by atoms with Crippen molar-refractivity contribution in [3.8, 4) is 0 Å². The third-order valence-electron chi connectivity index (χ3n) is 4.52. The van der Waals surface area contributed by atoms with E-state index in [-0.39, 0.29) is 18.4 Å². The van der Waals surface area contributed by atoms with Crippen LogP contribution in [-0.4, -0.2) is 48.9 Å². The molecule has 0 bridgehead atoms. The van der Waals surface area contributed by atoms with Crippen LogP contribution in [0.25, 0.3) is 11.0 Å². The minimum Gasteiger partial charge on any atom is -0.465 e. The normalized spacial score (nSPS) is 11.2. The number of carbonyl (C=O) groups is 3. The van der Waals surface area contributed by atoms with Crippen LogP contribution in [0, 0.1) is 6.92 Å². The Hall–Kier alpha value is -4.15. The quantitative estimate of drug-likeness (QED) is 0.403. The number of benzene rings is 1. The number of imidazole rings is 1. The maximum Gasteiger partial charge on any atom is 0.404 e. The molecular formula is C20H23N7O4. The number of carbonyl (C=O) groups excluding carboxylic acids is 2. The minimum absolute atomic E-state index is 0.143. The van der Waals surface area contributed by atoms with E-state index in [1.165, 1.54) is 0 Å². The van der Waals surface area contributed by atoms with Crippen molar-refractivity contribution in [2.45, 2.75) is 26.9 Å². The predicted octanol–water partition coefficient (Wildman–Crippen LogP) is 1.74. The molecule has 0 aliphatic heterocycles. The number of primary amides is 1. The molecule has 11 nitrogen and oxygen atoms in total. The monoisotopic (exact) mass is 425 g/mol. The van der Waals surface area contributed by atoms with E-state index in [2.05, 4.69) is 20.7 Å². The standard InChI is InChI=1S/C20H23N7O4/c1-3-27-16(10-12(2)25-27)18(29)24-19-23-14-11-13(17(21)28)6-7-15(14)26(19)9-5-4-8-22-20(30)31/h4-7,10-11,22H,3,8-9H2,1-2H3,(H2,21,28)(H,30,31)(H,23,24,29). The van der Waals surface area contributed by atoms with Gasteiger partial charge in [-0.15, -0.1) is 0 Å². The van der Waals surface area contributed by atoms with Crippen molar-refractivity contribution in [2.24, 2.45) is 5.73 Å². The zero-order valence-corrected chi connectivity index (χ0v) is 17.1. The third-order valence-corrected chi connectivity index (χ3v) is 4.52. The van der Waals surface area contributed by atoms with Gasteiger partial charge < -0.3 is 20.7 Å². The average molecular weight is 425 g/mol. The zero-order chi connectivity index (χ0) is 22.5. The number of allylic oxidation sites excluding steroid dienone is 1. The average Bonchev–Trinajstić information content (AvgIpc) is 3.26. The lowest BCUT2D eigenvalue weighted by Crippen LogP contribution is -2.20. The van der Waals surface area contributed by atoms with Crippen molar-refractivity contribution in [3.05, 3.63) is 53.4 Å². The van der Waals surface area contributed by atoms with Crippen LogP contribution in [0.1, 0.15) is 33.5 Å². The van der Waals surface area contributed by atoms with E-state index in [9.17, 15) is 14.4 Å². The predicted molar refractivity (Wildman–Crippen MR) is 114 cm³/mol. The topological polar surface area (TPSA) is 157 Å². The van der Waals surface area contributed by atoms with Gasteiger partial charge in [0.15, 0.2) is 0 Å². The first-order valence-electron chi connectivity index (χ1n) is 9.57. The van der Waals surface area contributed by atoms with E-state index in [0.717, 1.165) is 5.69 Å². The number of carboxylic acid groups (broad SMARTS) is 1. The maximum absolute atomic E-state index is 12.9. The Morgan fingerprint density at radius 3 is 2.68 bits per heavy atom. The summed E-state index contributed by atoms with van der Waals surface area (Å²) < 4.78 is 3.34. The van der Waals surface area contributed by atoms with Gasteiger partial charge in [0.1, 0.15) is 5.69 Å². The van der Waals surface area contributed by atoms with Gasteiger partial charge in [0.2, 0.25) is 11.9 Å². The van der Waals surface area contributed by atoms with Gasteiger partial charge in [0.25, 0.3) is 5.91 Å². The van der Waals surface area contributed by atoms with Gasteiger partial charge in [0.05, 0.1) is 16.7 Å². The lowest BCUT2D eigenvalue weighted by atomic mass is 10.2. The van der Waals surface area contributed by atoms with Gasteiger partial charge in [-0.3, -0.25) is 19.6 Å². The van der Waals surface area contributed by atoms with Gasteiger partial charge in [0, 0.05) is 25.2 Å². The Kier molecular flexibility index (Phi) is 6.34. The first-order valence-corrected chi connectivity index (χ1v) is 9.57. The molecular weight excluding hydrogens is 402 g/mol. The van der Waals surface area contributed by atoms with Gasteiger partial charge >= 0.3 is 6.09 Å². The van der Waals surface area contributed by atoms with E-state index < -0.39 is 12.0 Å². The molecule has 1 aromatic carbocycles. The van der Waals surface area contributed by atoms with Crippen LogP contribution in [0.5, 0.6) is 0 Å². The highest BCUT2D eigenvalue weighted by molar-refractivity contribution is 6.03. The highest BCUT2D eigenvalue weighted by atomic mass is 16.4. The number of hydrogen-bond acceptors (Lipinski definition) is 5. The number of amides is 3. The van der Waals surface area contributed by atoms with Crippen molar-refractivity contribution >= 4 is 34.9 Å². The van der Waals surface area contributed by atoms with E-state index in [0.29, 0.717) is 35.4 Å². The number of aromatic nitrogens is 4. The third kappa shape index (κ3) is 4.89. The summed E-state index contributed by atoms with van der Waals surface area (Å²) in [5.74, 6) is -0.673. The maximum atomic E-state index is 12.9. The largest absolute Gasteiger partial charge is 0.465 e. The number of fused-ring (bicyclic) bond motifs is 1. The van der Waals surface area contributed by atoms with Crippen molar-refractivity contribution in [2.75, 3.05) is 11.9 Å². The van der Waals surface area contributed by atoms with Crippen molar-refractivity contribution in [1.29, 1.82) is 0 Å². The fraction of sp³-hybridized carbons (Fsp3) is 0.250. The van der Waals surface area contributed by atoms with Crippen molar-refractivity contribution in [1.82, 2.24) is 24.6 Å². The Morgan fingerprint density at radius 2 is 2.00 bits per heavy atom. The van der Waals surface area contributed by atoms with Crippen LogP contribution in [0.3, 0.4) is 0 Å². The molecule has 5 N–H and O–H groups in total. The van der Waals surface area contributed by atoms with Gasteiger partial charge in [-0.1, -0.05) is 12.2 Å². The molecule has 0 saturated carbocycles. The van der Waals surface area contributed by atoms with E-state index in [1.54, 1.807) is 52.6 Å². The highest BCUT2D eigenvalue weighted by Crippen LogP contribution is 2.22. The molecule has 31 heavy (non-hydrogen) atoms. The lowest BCUT2D eigenvalue weighted by molar-refractivity contribution is 0.0996. The van der Waals surface area contributed by atoms with E-state index in [4.69, 9.17) is 10.8 Å². The number of nitrogens with zero attached hydrogens (tertiary/aromatic N) is 4. The molecule has 2 aromatic heterocycles. The fourth-order valence-corrected chi connectivity index (χ4v) is 3.11. The molecule has 0 aliphatic rings. The van der Waals surface area contributed by atoms with Crippen LogP contribution in [0.2, 0.25) is 0 Å². The molecule has 3 amide bonds. The first-order chi connectivity index (χ1) is 14.8. The summed E-state index contributed by atoms with van der Waals surface area (Å²) in [6.45, 7) is 4.69. The number of nitrogens with one attached hydrogen (secondary N) is 2. The number of aryl methyl sites for hydroxylation is 2. The molecule has 3 rings (SSSR count). The van der Waals surface area contributed by atoms with E-state index in [1.807, 2.05) is 6.92 Å². The molecule has 2 heterocycles. The van der Waals surface area contributed by atoms with Crippen LogP contribution in [0.4, 0.5) is 10.7 Å². The van der Waals surface area contributed by atoms with Crippen molar-refractivity contribution < 1.29 is 19.5 Å². The molecule has 0 atom stereocenters. The number of nitrogens with two attached hydrogens (primary N) is 1. The second-order valence-electron chi connectivity index (χ2n) is 6.71. The summed E-state index contributed by atoms with van der Waals surface area (Å²) >= 11 is 0. The summed E-state index contributed by atoms with van der Waals surface area (Å²) in [5, 5.41) is 18.0. The Bertz CT molecular complexity index is 1180. The van der Waals surface area contributed by atoms with Gasteiger partial charge in [-0.05, 0) is 38.1 Å². The molecule has 0 radical (unpaired) electrons. The number of anilines is 1. The second-order valence-corrected chi connectivity index (χ2v) is 6.71. The summed E-state index contributed by atoms with van der Waals surface area (Å²) in [6, 6.07) is 6.52.